The first kappa shape index (κ1) is 17.3. The molecule has 0 spiro atoms. The highest BCUT2D eigenvalue weighted by Gasteiger charge is 2.24. The zero-order valence-corrected chi connectivity index (χ0v) is 15.8. The van der Waals surface area contributed by atoms with Gasteiger partial charge in [-0.1, -0.05) is 18.2 Å². The molecule has 1 fully saturated rings. The van der Waals surface area contributed by atoms with Crippen molar-refractivity contribution < 1.29 is 13.9 Å². The summed E-state index contributed by atoms with van der Waals surface area (Å²) in [7, 11) is 0. The molecule has 1 aliphatic rings. The van der Waals surface area contributed by atoms with Crippen molar-refractivity contribution in [2.75, 3.05) is 13.2 Å². The lowest BCUT2D eigenvalue weighted by Crippen LogP contribution is -2.37. The van der Waals surface area contributed by atoms with Crippen LogP contribution in [0.1, 0.15) is 28.8 Å². The van der Waals surface area contributed by atoms with Crippen molar-refractivity contribution in [3.05, 3.63) is 58.0 Å². The van der Waals surface area contributed by atoms with E-state index in [-0.39, 0.29) is 12.0 Å². The standard InChI is InChI=1S/C21H23NO3S/c1-15-6-7-19-16(14-25-20(19)10-15)11-21(23)22(12-17-4-2-8-24-17)13-18-5-3-9-26-18/h3,5-7,9-10,14,17H,2,4,8,11-13H2,1H3. The van der Waals surface area contributed by atoms with Crippen molar-refractivity contribution in [3.63, 3.8) is 0 Å². The van der Waals surface area contributed by atoms with Crippen molar-refractivity contribution >= 4 is 28.2 Å². The Morgan fingerprint density at radius 3 is 3.04 bits per heavy atom. The fourth-order valence-electron chi connectivity index (χ4n) is 3.48. The topological polar surface area (TPSA) is 42.7 Å². The minimum atomic E-state index is 0.122. The van der Waals surface area contributed by atoms with Gasteiger partial charge in [-0.2, -0.15) is 0 Å². The van der Waals surface area contributed by atoms with Crippen LogP contribution in [-0.2, 0) is 22.5 Å². The van der Waals surface area contributed by atoms with Crippen LogP contribution in [0.5, 0.6) is 0 Å². The lowest BCUT2D eigenvalue weighted by Gasteiger charge is -2.25. The summed E-state index contributed by atoms with van der Waals surface area (Å²) in [5, 5.41) is 3.08. The van der Waals surface area contributed by atoms with E-state index in [4.69, 9.17) is 9.15 Å². The number of carbonyl (C=O) groups excluding carboxylic acids is 1. The van der Waals surface area contributed by atoms with Crippen LogP contribution in [-0.4, -0.2) is 30.1 Å². The second kappa shape index (κ2) is 7.64. The lowest BCUT2D eigenvalue weighted by atomic mass is 10.1. The van der Waals surface area contributed by atoms with Gasteiger partial charge in [-0.15, -0.1) is 11.3 Å². The molecule has 0 N–H and O–H groups in total. The minimum Gasteiger partial charge on any atom is -0.464 e. The fourth-order valence-corrected chi connectivity index (χ4v) is 4.20. The van der Waals surface area contributed by atoms with Gasteiger partial charge < -0.3 is 14.1 Å². The Morgan fingerprint density at radius 1 is 1.35 bits per heavy atom. The lowest BCUT2D eigenvalue weighted by molar-refractivity contribution is -0.132. The van der Waals surface area contributed by atoms with Crippen molar-refractivity contribution in [2.45, 2.75) is 38.8 Å². The second-order valence-electron chi connectivity index (χ2n) is 6.93. The molecule has 0 bridgehead atoms. The van der Waals surface area contributed by atoms with Gasteiger partial charge >= 0.3 is 0 Å². The summed E-state index contributed by atoms with van der Waals surface area (Å²) in [6.07, 6.45) is 4.34. The zero-order valence-electron chi connectivity index (χ0n) is 14.9. The third-order valence-electron chi connectivity index (χ3n) is 4.88. The van der Waals surface area contributed by atoms with Gasteiger partial charge in [0.2, 0.25) is 5.91 Å². The van der Waals surface area contributed by atoms with E-state index in [1.54, 1.807) is 17.6 Å². The number of rotatable bonds is 6. The number of ether oxygens (including phenoxy) is 1. The van der Waals surface area contributed by atoms with Crippen LogP contribution in [0.3, 0.4) is 0 Å². The SMILES string of the molecule is Cc1ccc2c(CC(=O)N(Cc3cccs3)CC3CCCO3)coc2c1. The zero-order chi connectivity index (χ0) is 17.9. The molecule has 3 aromatic rings. The third kappa shape index (κ3) is 3.84. The first-order valence-corrected chi connectivity index (χ1v) is 9.95. The Balaban J connectivity index is 1.52. The fraction of sp³-hybridized carbons (Fsp3) is 0.381. The van der Waals surface area contributed by atoms with Gasteiger partial charge in [-0.3, -0.25) is 4.79 Å². The van der Waals surface area contributed by atoms with Crippen LogP contribution in [0, 0.1) is 6.92 Å². The largest absolute Gasteiger partial charge is 0.464 e. The monoisotopic (exact) mass is 369 g/mol. The molecule has 1 saturated heterocycles. The molecule has 2 aromatic heterocycles. The summed E-state index contributed by atoms with van der Waals surface area (Å²) in [5.41, 5.74) is 2.95. The summed E-state index contributed by atoms with van der Waals surface area (Å²) in [6, 6.07) is 10.2. The van der Waals surface area contributed by atoms with E-state index in [0.717, 1.165) is 41.5 Å². The Bertz CT molecular complexity index is 878. The van der Waals surface area contributed by atoms with Crippen molar-refractivity contribution in [1.82, 2.24) is 4.90 Å². The van der Waals surface area contributed by atoms with E-state index in [2.05, 4.69) is 17.5 Å². The van der Waals surface area contributed by atoms with Crippen molar-refractivity contribution in [2.24, 2.45) is 0 Å². The van der Waals surface area contributed by atoms with Crippen molar-refractivity contribution in [1.29, 1.82) is 0 Å². The van der Waals surface area contributed by atoms with Crippen LogP contribution < -0.4 is 0 Å². The number of fused-ring (bicyclic) bond motifs is 1. The minimum absolute atomic E-state index is 0.122. The first-order chi connectivity index (χ1) is 12.7. The molecule has 0 radical (unpaired) electrons. The van der Waals surface area contributed by atoms with Crippen molar-refractivity contribution in [3.8, 4) is 0 Å². The first-order valence-electron chi connectivity index (χ1n) is 9.07. The molecule has 0 aliphatic carbocycles. The molecule has 0 saturated carbocycles. The van der Waals surface area contributed by atoms with Gasteiger partial charge in [0.15, 0.2) is 0 Å². The number of furan rings is 1. The molecule has 1 unspecified atom stereocenters. The number of nitrogens with zero attached hydrogens (tertiary/aromatic N) is 1. The molecule has 1 aromatic carbocycles. The Hall–Kier alpha value is -2.11. The normalized spacial score (nSPS) is 17.0. The maximum absolute atomic E-state index is 13.1. The molecule has 26 heavy (non-hydrogen) atoms. The smallest absolute Gasteiger partial charge is 0.227 e. The number of benzene rings is 1. The maximum Gasteiger partial charge on any atom is 0.227 e. The van der Waals surface area contributed by atoms with Gasteiger partial charge in [0, 0.05) is 29.0 Å². The third-order valence-corrected chi connectivity index (χ3v) is 5.74. The number of amides is 1. The molecule has 1 aliphatic heterocycles. The molecule has 136 valence electrons. The average molecular weight is 369 g/mol. The Labute approximate surface area is 157 Å². The van der Waals surface area contributed by atoms with Gasteiger partial charge in [0.1, 0.15) is 5.58 Å². The molecule has 4 rings (SSSR count). The highest BCUT2D eigenvalue weighted by Crippen LogP contribution is 2.24. The summed E-state index contributed by atoms with van der Waals surface area (Å²) < 4.78 is 11.4. The molecule has 4 nitrogen and oxygen atoms in total. The molecule has 1 amide bonds. The van der Waals surface area contributed by atoms with E-state index >= 15 is 0 Å². The van der Waals surface area contributed by atoms with E-state index in [0.29, 0.717) is 19.5 Å². The van der Waals surface area contributed by atoms with Gasteiger partial charge in [-0.05, 0) is 42.8 Å². The second-order valence-corrected chi connectivity index (χ2v) is 7.96. The molecule has 3 heterocycles. The van der Waals surface area contributed by atoms with Crippen LogP contribution >= 0.6 is 11.3 Å². The summed E-state index contributed by atoms with van der Waals surface area (Å²) >= 11 is 1.69. The summed E-state index contributed by atoms with van der Waals surface area (Å²) in [6.45, 7) is 4.14. The predicted octanol–water partition coefficient (Wildman–Crippen LogP) is 4.55. The highest BCUT2D eigenvalue weighted by atomic mass is 32.1. The number of thiophene rings is 1. The predicted molar refractivity (Wildman–Crippen MR) is 103 cm³/mol. The number of hydrogen-bond donors (Lipinski definition) is 0. The van der Waals surface area contributed by atoms with Crippen LogP contribution in [0.2, 0.25) is 0 Å². The molecule has 1 atom stereocenters. The number of carbonyl (C=O) groups is 1. The van der Waals surface area contributed by atoms with Crippen LogP contribution in [0.25, 0.3) is 11.0 Å². The Kier molecular flexibility index (Phi) is 5.09. The van der Waals surface area contributed by atoms with Crippen LogP contribution in [0.4, 0.5) is 0 Å². The van der Waals surface area contributed by atoms with Gasteiger partial charge in [-0.25, -0.2) is 0 Å². The van der Waals surface area contributed by atoms with E-state index in [9.17, 15) is 4.79 Å². The van der Waals surface area contributed by atoms with Gasteiger partial charge in [0.05, 0.1) is 25.3 Å². The number of hydrogen-bond acceptors (Lipinski definition) is 4. The van der Waals surface area contributed by atoms with Crippen LogP contribution in [0.15, 0.2) is 46.4 Å². The number of aryl methyl sites for hydroxylation is 1. The quantitative estimate of drug-likeness (QED) is 0.640. The summed E-state index contributed by atoms with van der Waals surface area (Å²) in [4.78, 5) is 16.2. The van der Waals surface area contributed by atoms with Gasteiger partial charge in [0.25, 0.3) is 0 Å². The molecular weight excluding hydrogens is 346 g/mol. The summed E-state index contributed by atoms with van der Waals surface area (Å²) in [5.74, 6) is 0.122. The maximum atomic E-state index is 13.1. The molecular formula is C21H23NO3S. The average Bonchev–Trinajstić information content (AvgIpc) is 3.37. The Morgan fingerprint density at radius 2 is 2.27 bits per heavy atom. The van der Waals surface area contributed by atoms with E-state index < -0.39 is 0 Å². The van der Waals surface area contributed by atoms with E-state index in [1.807, 2.05) is 30.0 Å². The molecule has 5 heteroatoms. The highest BCUT2D eigenvalue weighted by molar-refractivity contribution is 7.09. The van der Waals surface area contributed by atoms with E-state index in [1.165, 1.54) is 4.88 Å².